The lowest BCUT2D eigenvalue weighted by Gasteiger charge is -2.34. The molecule has 0 unspecified atom stereocenters. The van der Waals surface area contributed by atoms with E-state index in [-0.39, 0.29) is 10.7 Å². The Morgan fingerprint density at radius 1 is 1.06 bits per heavy atom. The molecule has 1 saturated heterocycles. The third-order valence-electron chi connectivity index (χ3n) is 6.28. The van der Waals surface area contributed by atoms with E-state index in [2.05, 4.69) is 32.6 Å². The van der Waals surface area contributed by atoms with Crippen LogP contribution in [-0.2, 0) is 23.1 Å². The van der Waals surface area contributed by atoms with Crippen molar-refractivity contribution in [3.8, 4) is 0 Å². The summed E-state index contributed by atoms with van der Waals surface area (Å²) in [4.78, 5) is 17.6. The van der Waals surface area contributed by atoms with Gasteiger partial charge in [-0.25, -0.2) is 0 Å². The number of anilines is 3. The van der Waals surface area contributed by atoms with Crippen molar-refractivity contribution in [1.82, 2.24) is 19.4 Å². The van der Waals surface area contributed by atoms with Crippen molar-refractivity contribution in [2.45, 2.75) is 18.0 Å². The van der Waals surface area contributed by atoms with Crippen molar-refractivity contribution in [2.24, 2.45) is 0 Å². The highest BCUT2D eigenvalue weighted by Gasteiger charge is 2.30. The Morgan fingerprint density at radius 2 is 1.79 bits per heavy atom. The number of aromatic nitrogens is 2. The topological polar surface area (TPSA) is 126 Å². The van der Waals surface area contributed by atoms with Gasteiger partial charge in [0.25, 0.3) is 15.9 Å². The fraction of sp³-hybridized carbons (Fsp3) is 0.304. The molecule has 2 aromatic carbocycles. The van der Waals surface area contributed by atoms with Crippen LogP contribution in [0, 0.1) is 0 Å². The van der Waals surface area contributed by atoms with E-state index in [1.54, 1.807) is 30.3 Å². The molecule has 3 aromatic rings. The minimum Gasteiger partial charge on any atom is -0.397 e. The van der Waals surface area contributed by atoms with Crippen LogP contribution in [0.5, 0.6) is 0 Å². The monoisotopic (exact) mass is 481 g/mol. The highest BCUT2D eigenvalue weighted by Crippen LogP contribution is 2.29. The van der Waals surface area contributed by atoms with Gasteiger partial charge in [0.05, 0.1) is 22.0 Å². The normalized spacial score (nSPS) is 16.4. The first-order chi connectivity index (χ1) is 16.3. The highest BCUT2D eigenvalue weighted by atomic mass is 32.2. The van der Waals surface area contributed by atoms with Gasteiger partial charge in [-0.1, -0.05) is 18.2 Å². The lowest BCUT2D eigenvalue weighted by molar-refractivity contribution is 0.102. The Labute approximate surface area is 198 Å². The van der Waals surface area contributed by atoms with Gasteiger partial charge in [-0.05, 0) is 37.4 Å². The Bertz CT molecular complexity index is 1330. The summed E-state index contributed by atoms with van der Waals surface area (Å²) in [6.07, 6.45) is 0. The van der Waals surface area contributed by atoms with Crippen molar-refractivity contribution in [3.63, 3.8) is 0 Å². The zero-order valence-corrected chi connectivity index (χ0v) is 19.7. The quantitative estimate of drug-likeness (QED) is 0.466. The van der Waals surface area contributed by atoms with Gasteiger partial charge in [0.1, 0.15) is 0 Å². The number of fused-ring (bicyclic) bond motifs is 1. The van der Waals surface area contributed by atoms with E-state index in [4.69, 9.17) is 5.73 Å². The number of piperazine rings is 1. The van der Waals surface area contributed by atoms with E-state index in [1.165, 1.54) is 12.1 Å². The maximum atomic E-state index is 13.2. The van der Waals surface area contributed by atoms with Gasteiger partial charge >= 0.3 is 0 Å². The molecule has 1 aromatic heterocycles. The largest absolute Gasteiger partial charge is 0.397 e. The maximum Gasteiger partial charge on any atom is 0.283 e. The number of carbonyl (C=O) groups excluding carboxylic acids is 1. The number of likely N-dealkylation sites (N-methyl/N-ethyl adjacent to an activating group) is 1. The highest BCUT2D eigenvalue weighted by molar-refractivity contribution is 7.89. The molecule has 0 spiro atoms. The molecule has 11 heteroatoms. The Kier molecular flexibility index (Phi) is 5.76. The van der Waals surface area contributed by atoms with Crippen molar-refractivity contribution in [3.05, 3.63) is 65.4 Å². The molecule has 1 amide bonds. The minimum absolute atomic E-state index is 0.136. The van der Waals surface area contributed by atoms with Gasteiger partial charge in [0.2, 0.25) is 0 Å². The molecule has 1 fully saturated rings. The number of nitrogens with two attached hydrogens (primary N) is 1. The molecule has 5 rings (SSSR count). The summed E-state index contributed by atoms with van der Waals surface area (Å²) in [6.45, 7) is 4.42. The van der Waals surface area contributed by atoms with E-state index in [0.717, 1.165) is 36.0 Å². The fourth-order valence-electron chi connectivity index (χ4n) is 4.33. The third kappa shape index (κ3) is 4.02. The first-order valence-electron chi connectivity index (χ1n) is 11.1. The van der Waals surface area contributed by atoms with Crippen LogP contribution < -0.4 is 21.3 Å². The zero-order chi connectivity index (χ0) is 23.9. The van der Waals surface area contributed by atoms with Gasteiger partial charge in [0, 0.05) is 50.4 Å². The summed E-state index contributed by atoms with van der Waals surface area (Å²) >= 11 is 0. The summed E-state index contributed by atoms with van der Waals surface area (Å²) in [5.74, 6) is -0.167. The number of nitrogens with one attached hydrogen (secondary N) is 2. The third-order valence-corrected chi connectivity index (χ3v) is 7.91. The van der Waals surface area contributed by atoms with E-state index < -0.39 is 15.9 Å². The number of rotatable bonds is 5. The number of hydrogen-bond donors (Lipinski definition) is 3. The van der Waals surface area contributed by atoms with Gasteiger partial charge in [-0.2, -0.15) is 12.5 Å². The average Bonchev–Trinajstić information content (AvgIpc) is 3.44. The predicted molar refractivity (Wildman–Crippen MR) is 130 cm³/mol. The summed E-state index contributed by atoms with van der Waals surface area (Å²) in [5.41, 5.74) is 9.29. The molecule has 2 aliphatic rings. The first-order valence-corrected chi connectivity index (χ1v) is 12.5. The maximum absolute atomic E-state index is 13.2. The van der Waals surface area contributed by atoms with Crippen molar-refractivity contribution >= 4 is 33.1 Å². The molecule has 10 nitrogen and oxygen atoms in total. The second kappa shape index (κ2) is 8.75. The number of amides is 1. The van der Waals surface area contributed by atoms with Crippen LogP contribution in [0.1, 0.15) is 21.6 Å². The van der Waals surface area contributed by atoms with Crippen LogP contribution in [0.3, 0.4) is 0 Å². The molecular weight excluding hydrogens is 454 g/mol. The molecule has 34 heavy (non-hydrogen) atoms. The van der Waals surface area contributed by atoms with Gasteiger partial charge < -0.3 is 26.2 Å². The predicted octanol–water partition coefficient (Wildman–Crippen LogP) is 1.31. The Morgan fingerprint density at radius 3 is 2.50 bits per heavy atom. The van der Waals surface area contributed by atoms with Crippen LogP contribution in [0.15, 0.2) is 53.4 Å². The summed E-state index contributed by atoms with van der Waals surface area (Å²) in [7, 11) is -1.80. The molecule has 178 valence electrons. The second-order valence-electron chi connectivity index (χ2n) is 8.56. The molecule has 0 bridgehead atoms. The first kappa shape index (κ1) is 22.4. The number of nitrogens with zero attached hydrogens (tertiary/aromatic N) is 4. The lowest BCUT2D eigenvalue weighted by Crippen LogP contribution is -2.44. The summed E-state index contributed by atoms with van der Waals surface area (Å²) < 4.78 is 27.3. The van der Waals surface area contributed by atoms with Crippen LogP contribution in [0.25, 0.3) is 0 Å². The van der Waals surface area contributed by atoms with Crippen molar-refractivity contribution in [1.29, 1.82) is 0 Å². The van der Waals surface area contributed by atoms with Crippen molar-refractivity contribution < 1.29 is 13.2 Å². The SMILES string of the molecule is CN1CCN(c2ccc(C(=O)Nc3nn(S(=O)(=O)c4ccccc4)c4c3CNC4)cc2N)CC1. The van der Waals surface area contributed by atoms with Gasteiger partial charge in [0.15, 0.2) is 5.82 Å². The van der Waals surface area contributed by atoms with Crippen LogP contribution >= 0.6 is 0 Å². The number of benzene rings is 2. The van der Waals surface area contributed by atoms with E-state index in [1.807, 2.05) is 6.07 Å². The number of carbonyl (C=O) groups is 1. The summed E-state index contributed by atoms with van der Waals surface area (Å²) in [6, 6.07) is 13.4. The fourth-order valence-corrected chi connectivity index (χ4v) is 5.69. The van der Waals surface area contributed by atoms with E-state index >= 15 is 0 Å². The molecule has 0 atom stereocenters. The number of nitrogen functional groups attached to an aromatic ring is 1. The molecule has 0 radical (unpaired) electrons. The molecule has 0 saturated carbocycles. The van der Waals surface area contributed by atoms with Crippen LogP contribution in [0.4, 0.5) is 17.2 Å². The molecular formula is C23H27N7O3S. The smallest absolute Gasteiger partial charge is 0.283 e. The van der Waals surface area contributed by atoms with Crippen LogP contribution in [-0.4, -0.2) is 61.6 Å². The standard InChI is InChI=1S/C23H27N7O3S/c1-28-9-11-29(12-10-28)20-8-7-16(13-19(20)24)23(31)26-22-18-14-25-15-21(18)30(27-22)34(32,33)17-5-3-2-4-6-17/h2-8,13,25H,9-12,14-15,24H2,1H3,(H,26,27,31). The minimum atomic E-state index is -3.89. The average molecular weight is 482 g/mol. The molecule has 0 aliphatic carbocycles. The molecule has 3 heterocycles. The molecule has 2 aliphatic heterocycles. The second-order valence-corrected chi connectivity index (χ2v) is 10.3. The van der Waals surface area contributed by atoms with Crippen molar-refractivity contribution in [2.75, 3.05) is 49.2 Å². The molecule has 4 N–H and O–H groups in total. The number of hydrogen-bond acceptors (Lipinski definition) is 8. The van der Waals surface area contributed by atoms with E-state index in [0.29, 0.717) is 35.6 Å². The van der Waals surface area contributed by atoms with Gasteiger partial charge in [-0.3, -0.25) is 4.79 Å². The van der Waals surface area contributed by atoms with E-state index in [9.17, 15) is 13.2 Å². The lowest BCUT2D eigenvalue weighted by atomic mass is 10.1. The summed E-state index contributed by atoms with van der Waals surface area (Å²) in [5, 5.41) is 10.2. The Hall–Kier alpha value is -3.41. The van der Waals surface area contributed by atoms with Crippen LogP contribution in [0.2, 0.25) is 0 Å². The van der Waals surface area contributed by atoms with Gasteiger partial charge in [-0.15, -0.1) is 5.10 Å². The zero-order valence-electron chi connectivity index (χ0n) is 18.9. The Balaban J connectivity index is 1.40.